The summed E-state index contributed by atoms with van der Waals surface area (Å²) in [6.45, 7) is 9.50. The molecule has 0 atom stereocenters. The first kappa shape index (κ1) is 80.6. The van der Waals surface area contributed by atoms with Crippen LogP contribution in [0.1, 0.15) is 0 Å². The predicted octanol–water partition coefficient (Wildman–Crippen LogP) is 0.512. The van der Waals surface area contributed by atoms with E-state index in [1.807, 2.05) is 0 Å². The summed E-state index contributed by atoms with van der Waals surface area (Å²) in [7, 11) is 0. The van der Waals surface area contributed by atoms with Crippen LogP contribution in [0, 0.1) is 23.7 Å². The van der Waals surface area contributed by atoms with E-state index in [4.69, 9.17) is 23.7 Å². The van der Waals surface area contributed by atoms with Gasteiger partial charge < -0.3 is 36.0 Å². The number of rotatable bonds is 0. The molecule has 0 radical (unpaired) electrons. The zero-order chi connectivity index (χ0) is 4.00. The van der Waals surface area contributed by atoms with E-state index in [0.29, 0.717) is 0 Å². The van der Waals surface area contributed by atoms with Gasteiger partial charge in [-0.1, -0.05) is 0 Å². The van der Waals surface area contributed by atoms with Crippen molar-refractivity contribution in [1.82, 2.24) is 12.3 Å². The van der Waals surface area contributed by atoms with Crippen LogP contribution in [0.5, 0.6) is 0 Å². The van der Waals surface area contributed by atoms with Crippen molar-refractivity contribution in [1.29, 1.82) is 10.5 Å². The van der Waals surface area contributed by atoms with Crippen LogP contribution in [0.2, 0.25) is 0 Å². The Hall–Kier alpha value is 0.381. The maximum absolute atomic E-state index is 6.25. The Morgan fingerprint density at radius 1 is 0.750 bits per heavy atom. The summed E-state index contributed by atoms with van der Waals surface area (Å²) < 4.78 is 0. The Labute approximate surface area is 80.4 Å². The molecule has 6 heteroatoms. The number of nitrogens with zero attached hydrogens (tertiary/aromatic N) is 2. The van der Waals surface area contributed by atoms with E-state index >= 15 is 0 Å². The van der Waals surface area contributed by atoms with Crippen LogP contribution in [0.4, 0.5) is 0 Å². The predicted molar refractivity (Wildman–Crippen MR) is 20.0 cm³/mol. The van der Waals surface area contributed by atoms with Crippen LogP contribution in [-0.2, 0) is 44.8 Å². The fraction of sp³-hybridized carbons (Fsp3) is 0. The molecule has 0 aliphatic carbocycles. The molecule has 0 saturated heterocycles. The Bertz CT molecular complexity index is 29.5. The molecule has 56 valence electrons. The third-order valence-corrected chi connectivity index (χ3v) is 0. The second kappa shape index (κ2) is 2080. The largest absolute Gasteiger partial charge is 1.00 e. The molecule has 0 saturated carbocycles. The van der Waals surface area contributed by atoms with Gasteiger partial charge in [0.05, 0.1) is 0 Å². The first-order valence-corrected chi connectivity index (χ1v) is 0.447. The summed E-state index contributed by atoms with van der Waals surface area (Å²) in [6, 6.07) is 0. The molecular weight excluding hydrogens is 385 g/mol. The third-order valence-electron chi connectivity index (χ3n) is 0. The third kappa shape index (κ3) is 1280. The van der Waals surface area contributed by atoms with Crippen molar-refractivity contribution < 1.29 is 44.8 Å². The minimum absolute atomic E-state index is 0. The molecule has 0 fully saturated rings. The minimum Gasteiger partial charge on any atom is -0.512 e. The van der Waals surface area contributed by atoms with E-state index in [-0.39, 0.29) is 57.1 Å². The van der Waals surface area contributed by atoms with Crippen LogP contribution >= 0.6 is 0 Å². The molecule has 0 heterocycles. The van der Waals surface area contributed by atoms with Gasteiger partial charge in [0.2, 0.25) is 0 Å². The summed E-state index contributed by atoms with van der Waals surface area (Å²) >= 11 is 0. The van der Waals surface area contributed by atoms with Crippen LogP contribution in [0.3, 0.4) is 0 Å². The van der Waals surface area contributed by atoms with Gasteiger partial charge in [0, 0.05) is 0 Å². The molecule has 0 aliphatic heterocycles. The summed E-state index contributed by atoms with van der Waals surface area (Å²) in [6.07, 6.45) is 0. The van der Waals surface area contributed by atoms with E-state index in [9.17, 15) is 0 Å². The van der Waals surface area contributed by atoms with Gasteiger partial charge in [-0.2, -0.15) is 0 Å². The average molecular weight is 391 g/mol. The molecule has 0 amide bonds. The van der Waals surface area contributed by atoms with Gasteiger partial charge in [-0.25, -0.2) is 0 Å². The Morgan fingerprint density at radius 3 is 0.750 bits per heavy atom. The first-order chi connectivity index (χ1) is 2.00. The Morgan fingerprint density at radius 2 is 0.750 bits per heavy atom. The standard InChI is InChI=1S/2CN.Ag.Au.2H3N/c2*1-2;;;;/h;;;;2*1H3/q2*-1;2*+1;;. The molecule has 8 heavy (non-hydrogen) atoms. The molecule has 0 rings (SSSR count). The summed E-state index contributed by atoms with van der Waals surface area (Å²) in [5.74, 6) is 0. The van der Waals surface area contributed by atoms with Crippen LogP contribution in [-0.4, -0.2) is 0 Å². The Balaban J connectivity index is -0.00000000167. The maximum Gasteiger partial charge on any atom is 1.00 e. The molecule has 6 N–H and O–H groups in total. The maximum atomic E-state index is 6.25. The van der Waals surface area contributed by atoms with Gasteiger partial charge >= 0.3 is 44.8 Å². The molecule has 0 aromatic heterocycles. The van der Waals surface area contributed by atoms with E-state index in [1.165, 1.54) is 0 Å². The molecule has 0 aromatic carbocycles. The molecule has 0 bridgehead atoms. The number of hydrogen-bond acceptors (Lipinski definition) is 4. The van der Waals surface area contributed by atoms with Crippen molar-refractivity contribution in [2.45, 2.75) is 0 Å². The first-order valence-electron chi connectivity index (χ1n) is 0.447. The monoisotopic (exact) mass is 390 g/mol. The SMILES string of the molecule is N.N.[Ag+].[Au+].[C-]#N.[C-]#N. The molecule has 0 aromatic rings. The summed E-state index contributed by atoms with van der Waals surface area (Å²) in [5, 5.41) is 12.5. The average Bonchev–Trinajstić information content (AvgIpc) is 1.50. The summed E-state index contributed by atoms with van der Waals surface area (Å²) in [4.78, 5) is 0. The quantitative estimate of drug-likeness (QED) is 0.462. The fourth-order valence-corrected chi connectivity index (χ4v) is 0. The van der Waals surface area contributed by atoms with Gasteiger partial charge in [0.25, 0.3) is 0 Å². The smallest absolute Gasteiger partial charge is 0.512 e. The van der Waals surface area contributed by atoms with Gasteiger partial charge in [-0.15, -0.1) is 0 Å². The van der Waals surface area contributed by atoms with E-state index < -0.39 is 0 Å². The van der Waals surface area contributed by atoms with Crippen LogP contribution in [0.25, 0.3) is 0 Å². The van der Waals surface area contributed by atoms with Gasteiger partial charge in [0.1, 0.15) is 0 Å². The second-order valence-electron chi connectivity index (χ2n) is 0. The van der Waals surface area contributed by atoms with E-state index in [2.05, 4.69) is 0 Å². The second-order valence-corrected chi connectivity index (χ2v) is 0. The number of hydrogen-bond donors (Lipinski definition) is 2. The molecule has 4 nitrogen and oxygen atoms in total. The van der Waals surface area contributed by atoms with Crippen molar-refractivity contribution in [2.75, 3.05) is 0 Å². The van der Waals surface area contributed by atoms with Gasteiger partial charge in [-0.3, -0.25) is 0 Å². The van der Waals surface area contributed by atoms with E-state index in [1.54, 1.807) is 0 Å². The van der Waals surface area contributed by atoms with Crippen LogP contribution < -0.4 is 12.3 Å². The molecule has 0 spiro atoms. The fourth-order valence-electron chi connectivity index (χ4n) is 0. The summed E-state index contributed by atoms with van der Waals surface area (Å²) in [5.41, 5.74) is 0. The van der Waals surface area contributed by atoms with Gasteiger partial charge in [-0.05, 0) is 0 Å². The molecule has 0 aliphatic rings. The zero-order valence-electron chi connectivity index (χ0n) is 3.91. The van der Waals surface area contributed by atoms with Gasteiger partial charge in [0.15, 0.2) is 0 Å². The zero-order valence-corrected chi connectivity index (χ0v) is 7.56. The Kier molecular flexibility index (Phi) is 20900. The van der Waals surface area contributed by atoms with Crippen LogP contribution in [0.15, 0.2) is 0 Å². The minimum atomic E-state index is 0. The van der Waals surface area contributed by atoms with E-state index in [0.717, 1.165) is 0 Å². The van der Waals surface area contributed by atoms with Crippen molar-refractivity contribution in [3.63, 3.8) is 0 Å². The van der Waals surface area contributed by atoms with Crippen molar-refractivity contribution >= 4 is 0 Å². The van der Waals surface area contributed by atoms with Crippen molar-refractivity contribution in [3.05, 3.63) is 13.1 Å². The van der Waals surface area contributed by atoms with Crippen molar-refractivity contribution in [3.8, 4) is 0 Å². The topological polar surface area (TPSA) is 118 Å². The van der Waals surface area contributed by atoms with Crippen molar-refractivity contribution in [2.24, 2.45) is 0 Å². The normalized spacial score (nSPS) is 0.500. The molecular formula is C2H6AgAuN4. The molecule has 0 unspecified atom stereocenters.